The third-order valence-electron chi connectivity index (χ3n) is 5.57. The van der Waals surface area contributed by atoms with Gasteiger partial charge in [-0.15, -0.1) is 0 Å². The molecule has 1 aromatic rings. The van der Waals surface area contributed by atoms with Gasteiger partial charge in [0.1, 0.15) is 0 Å². The predicted molar refractivity (Wildman–Crippen MR) is 102 cm³/mol. The summed E-state index contributed by atoms with van der Waals surface area (Å²) >= 11 is 0. The minimum atomic E-state index is 0.298. The molecule has 0 unspecified atom stereocenters. The maximum absolute atomic E-state index is 12.7. The quantitative estimate of drug-likeness (QED) is 0.894. The van der Waals surface area contributed by atoms with Crippen molar-refractivity contribution in [1.82, 2.24) is 20.0 Å². The molecule has 1 aromatic carbocycles. The van der Waals surface area contributed by atoms with Crippen molar-refractivity contribution in [3.05, 3.63) is 35.4 Å². The van der Waals surface area contributed by atoms with Crippen LogP contribution in [0.4, 0.5) is 0 Å². The summed E-state index contributed by atoms with van der Waals surface area (Å²) in [6.07, 6.45) is 1.06. The van der Waals surface area contributed by atoms with Crippen molar-refractivity contribution in [3.63, 3.8) is 0 Å². The van der Waals surface area contributed by atoms with Crippen LogP contribution >= 0.6 is 0 Å². The normalized spacial score (nSPS) is 23.4. The molecule has 0 radical (unpaired) electrons. The highest BCUT2D eigenvalue weighted by molar-refractivity contribution is 5.78. The van der Waals surface area contributed by atoms with E-state index in [1.807, 2.05) is 0 Å². The Morgan fingerprint density at radius 3 is 2.80 bits per heavy atom. The monoisotopic (exact) mass is 344 g/mol. The molecule has 5 heteroatoms. The summed E-state index contributed by atoms with van der Waals surface area (Å²) < 4.78 is 0. The van der Waals surface area contributed by atoms with E-state index in [1.54, 1.807) is 0 Å². The fourth-order valence-electron chi connectivity index (χ4n) is 3.80. The third-order valence-corrected chi connectivity index (χ3v) is 5.57. The molecule has 0 aliphatic carbocycles. The van der Waals surface area contributed by atoms with E-state index >= 15 is 0 Å². The van der Waals surface area contributed by atoms with Gasteiger partial charge in [0.05, 0.1) is 6.54 Å². The van der Waals surface area contributed by atoms with Gasteiger partial charge in [-0.1, -0.05) is 24.3 Å². The summed E-state index contributed by atoms with van der Waals surface area (Å²) in [4.78, 5) is 19.6. The first-order valence-electron chi connectivity index (χ1n) is 9.63. The molecule has 138 valence electrons. The first-order chi connectivity index (χ1) is 12.1. The maximum Gasteiger partial charge on any atom is 0.236 e. The molecular weight excluding hydrogens is 312 g/mol. The van der Waals surface area contributed by atoms with Crippen molar-refractivity contribution in [2.45, 2.75) is 32.9 Å². The molecule has 25 heavy (non-hydrogen) atoms. The van der Waals surface area contributed by atoms with Crippen LogP contribution in [0.3, 0.4) is 0 Å². The van der Waals surface area contributed by atoms with Crippen LogP contribution in [0.15, 0.2) is 24.3 Å². The number of carbonyl (C=O) groups excluding carboxylic acids is 1. The van der Waals surface area contributed by atoms with Crippen LogP contribution in [0.2, 0.25) is 0 Å². The van der Waals surface area contributed by atoms with E-state index in [9.17, 15) is 4.79 Å². The summed E-state index contributed by atoms with van der Waals surface area (Å²) in [7, 11) is 0. The number of hydrogen-bond acceptors (Lipinski definition) is 4. The average Bonchev–Trinajstić information content (AvgIpc) is 2.85. The second-order valence-corrected chi connectivity index (χ2v) is 7.46. The number of piperazine rings is 1. The molecule has 2 saturated heterocycles. The molecule has 5 nitrogen and oxygen atoms in total. The van der Waals surface area contributed by atoms with Crippen molar-refractivity contribution in [2.24, 2.45) is 0 Å². The van der Waals surface area contributed by atoms with Gasteiger partial charge in [0.25, 0.3) is 0 Å². The number of aryl methyl sites for hydroxylation is 1. The zero-order valence-electron chi connectivity index (χ0n) is 15.7. The Morgan fingerprint density at radius 2 is 2.00 bits per heavy atom. The molecular formula is C20H32N4O. The summed E-state index contributed by atoms with van der Waals surface area (Å²) in [5, 5.41) is 3.39. The van der Waals surface area contributed by atoms with Gasteiger partial charge in [-0.05, 0) is 31.4 Å². The van der Waals surface area contributed by atoms with Crippen LogP contribution < -0.4 is 5.32 Å². The Hall–Kier alpha value is -1.43. The van der Waals surface area contributed by atoms with Crippen LogP contribution in [0, 0.1) is 6.92 Å². The van der Waals surface area contributed by atoms with Gasteiger partial charge in [0, 0.05) is 58.4 Å². The minimum absolute atomic E-state index is 0.298. The second-order valence-electron chi connectivity index (χ2n) is 7.46. The van der Waals surface area contributed by atoms with Gasteiger partial charge in [-0.25, -0.2) is 0 Å². The molecule has 2 heterocycles. The van der Waals surface area contributed by atoms with Crippen LogP contribution in [0.1, 0.15) is 24.5 Å². The Kier molecular flexibility index (Phi) is 6.45. The SMILES string of the molecule is Cc1ccccc1CN1CCCN(C(=O)CN2CCNC[C@H]2C)CC1. The van der Waals surface area contributed by atoms with Crippen molar-refractivity contribution >= 4 is 5.91 Å². The molecule has 2 aliphatic rings. The lowest BCUT2D eigenvalue weighted by atomic mass is 10.1. The summed E-state index contributed by atoms with van der Waals surface area (Å²) in [6.45, 7) is 12.7. The Morgan fingerprint density at radius 1 is 1.16 bits per heavy atom. The summed E-state index contributed by atoms with van der Waals surface area (Å²) in [6, 6.07) is 9.05. The second kappa shape index (κ2) is 8.79. The number of benzene rings is 1. The van der Waals surface area contributed by atoms with Crippen LogP contribution in [-0.4, -0.2) is 79.0 Å². The van der Waals surface area contributed by atoms with Crippen molar-refractivity contribution < 1.29 is 4.79 Å². The number of rotatable bonds is 4. The zero-order chi connectivity index (χ0) is 17.6. The number of carbonyl (C=O) groups is 1. The zero-order valence-corrected chi connectivity index (χ0v) is 15.7. The van der Waals surface area contributed by atoms with Gasteiger partial charge in [0.15, 0.2) is 0 Å². The first-order valence-corrected chi connectivity index (χ1v) is 9.63. The number of hydrogen-bond donors (Lipinski definition) is 1. The maximum atomic E-state index is 12.7. The standard InChI is InChI=1S/C20H32N4O/c1-17-6-3-4-7-19(17)15-22-9-5-10-23(13-12-22)20(25)16-24-11-8-21-14-18(24)2/h3-4,6-7,18,21H,5,8-16H2,1-2H3/t18-/m1/s1. The highest BCUT2D eigenvalue weighted by Crippen LogP contribution is 2.13. The summed E-state index contributed by atoms with van der Waals surface area (Å²) in [5.74, 6) is 0.298. The van der Waals surface area contributed by atoms with Crippen molar-refractivity contribution in [3.8, 4) is 0 Å². The van der Waals surface area contributed by atoms with E-state index in [-0.39, 0.29) is 0 Å². The van der Waals surface area contributed by atoms with Gasteiger partial charge >= 0.3 is 0 Å². The van der Waals surface area contributed by atoms with Gasteiger partial charge < -0.3 is 10.2 Å². The lowest BCUT2D eigenvalue weighted by molar-refractivity contribution is -0.133. The molecule has 1 N–H and O–H groups in total. The number of nitrogens with one attached hydrogen (secondary N) is 1. The van der Waals surface area contributed by atoms with Crippen LogP contribution in [0.5, 0.6) is 0 Å². The lowest BCUT2D eigenvalue weighted by Crippen LogP contribution is -2.53. The van der Waals surface area contributed by atoms with E-state index in [0.29, 0.717) is 18.5 Å². The molecule has 3 rings (SSSR count). The molecule has 0 bridgehead atoms. The fraction of sp³-hybridized carbons (Fsp3) is 0.650. The summed E-state index contributed by atoms with van der Waals surface area (Å²) in [5.41, 5.74) is 2.75. The highest BCUT2D eigenvalue weighted by Gasteiger charge is 2.24. The first kappa shape index (κ1) is 18.4. The van der Waals surface area contributed by atoms with E-state index in [4.69, 9.17) is 0 Å². The van der Waals surface area contributed by atoms with Crippen LogP contribution in [0.25, 0.3) is 0 Å². The van der Waals surface area contributed by atoms with Crippen molar-refractivity contribution in [2.75, 3.05) is 52.4 Å². The smallest absolute Gasteiger partial charge is 0.236 e. The molecule has 2 aliphatic heterocycles. The molecule has 1 amide bonds. The molecule has 0 aromatic heterocycles. The largest absolute Gasteiger partial charge is 0.340 e. The topological polar surface area (TPSA) is 38.8 Å². The Bertz CT molecular complexity index is 577. The molecule has 2 fully saturated rings. The van der Waals surface area contributed by atoms with E-state index in [2.05, 4.69) is 58.1 Å². The number of nitrogens with zero attached hydrogens (tertiary/aromatic N) is 3. The highest BCUT2D eigenvalue weighted by atomic mass is 16.2. The average molecular weight is 345 g/mol. The minimum Gasteiger partial charge on any atom is -0.340 e. The lowest BCUT2D eigenvalue weighted by Gasteiger charge is -2.34. The van der Waals surface area contributed by atoms with Gasteiger partial charge in [-0.3, -0.25) is 14.6 Å². The van der Waals surface area contributed by atoms with E-state index in [1.165, 1.54) is 11.1 Å². The van der Waals surface area contributed by atoms with E-state index in [0.717, 1.165) is 58.8 Å². The van der Waals surface area contributed by atoms with Crippen molar-refractivity contribution in [1.29, 1.82) is 0 Å². The Balaban J connectivity index is 1.51. The predicted octanol–water partition coefficient (Wildman–Crippen LogP) is 1.32. The molecule has 0 saturated carbocycles. The third kappa shape index (κ3) is 5.03. The fourth-order valence-corrected chi connectivity index (χ4v) is 3.80. The van der Waals surface area contributed by atoms with Gasteiger partial charge in [-0.2, -0.15) is 0 Å². The Labute approximate surface area is 152 Å². The molecule has 1 atom stereocenters. The van der Waals surface area contributed by atoms with Crippen LogP contribution in [-0.2, 0) is 11.3 Å². The molecule has 0 spiro atoms. The van der Waals surface area contributed by atoms with Gasteiger partial charge in [0.2, 0.25) is 5.91 Å². The number of amides is 1. The van der Waals surface area contributed by atoms with E-state index < -0.39 is 0 Å².